The number of nitrogens with zero attached hydrogens (tertiary/aromatic N) is 1. The largest absolute Gasteiger partial charge is 0.481 e. The molecule has 1 saturated heterocycles. The van der Waals surface area contributed by atoms with E-state index in [0.717, 1.165) is 44.5 Å². The third-order valence-electron chi connectivity index (χ3n) is 4.40. The molecule has 5 N–H and O–H groups in total. The van der Waals surface area contributed by atoms with E-state index in [1.165, 1.54) is 5.69 Å². The molecule has 0 unspecified atom stereocenters. The van der Waals surface area contributed by atoms with Crippen LogP contribution in [0.3, 0.4) is 0 Å². The van der Waals surface area contributed by atoms with Crippen molar-refractivity contribution in [2.75, 3.05) is 31.1 Å². The average Bonchev–Trinajstić information content (AvgIpc) is 2.55. The van der Waals surface area contributed by atoms with Crippen LogP contribution in [0.25, 0.3) is 0 Å². The molecule has 150 valence electrons. The minimum absolute atomic E-state index is 0. The van der Waals surface area contributed by atoms with Crippen LogP contribution >= 0.6 is 37.2 Å². The smallest absolute Gasteiger partial charge is 0.304 e. The number of nitrogens with one attached hydrogen (secondary N) is 2. The highest BCUT2D eigenvalue weighted by atomic mass is 35.5. The number of hydrogen-bond donors (Lipinski definition) is 4. The van der Waals surface area contributed by atoms with Crippen LogP contribution in [-0.2, 0) is 4.79 Å². The Morgan fingerprint density at radius 1 is 1.15 bits per heavy atom. The van der Waals surface area contributed by atoms with Crippen LogP contribution in [0.2, 0.25) is 0 Å². The fraction of sp³-hybridized carbons (Fsp3) is 0.529. The molecular weight excluding hydrogens is 399 g/mol. The Morgan fingerprint density at radius 2 is 1.73 bits per heavy atom. The van der Waals surface area contributed by atoms with Gasteiger partial charge in [0.15, 0.2) is 0 Å². The van der Waals surface area contributed by atoms with Crippen LogP contribution in [0.1, 0.15) is 31.2 Å². The van der Waals surface area contributed by atoms with Crippen molar-refractivity contribution in [2.24, 2.45) is 11.7 Å². The number of carboxylic acids is 1. The molecule has 1 fully saturated rings. The van der Waals surface area contributed by atoms with Crippen molar-refractivity contribution in [3.05, 3.63) is 29.8 Å². The third-order valence-corrected chi connectivity index (χ3v) is 4.40. The molecule has 0 atom stereocenters. The molecule has 1 heterocycles. The number of nitrogen functional groups attached to an aromatic ring is 1. The number of aliphatic carboxylic acids is 1. The Hall–Kier alpha value is -1.21. The summed E-state index contributed by atoms with van der Waals surface area (Å²) in [4.78, 5) is 12.8. The fourth-order valence-corrected chi connectivity index (χ4v) is 2.96. The van der Waals surface area contributed by atoms with Crippen molar-refractivity contribution in [2.45, 2.75) is 25.7 Å². The summed E-state index contributed by atoms with van der Waals surface area (Å²) in [5.41, 5.74) is 7.42. The zero-order valence-electron chi connectivity index (χ0n) is 14.6. The predicted octanol–water partition coefficient (Wildman–Crippen LogP) is 2.91. The van der Waals surface area contributed by atoms with Gasteiger partial charge in [0, 0.05) is 30.9 Å². The SMILES string of the molecule is Cl.Cl.Cl.N=C(N)c1ccc(N2CCC(CCNCCC(=O)O)CC2)cc1. The number of amidine groups is 1. The standard InChI is InChI=1S/C17H26N4O2.3ClH/c18-17(19)14-1-3-15(4-2-14)21-11-7-13(8-12-21)5-9-20-10-6-16(22)23;;;/h1-4,13,20H,5-12H2,(H3,18,19)(H,22,23);3*1H. The van der Waals surface area contributed by atoms with Gasteiger partial charge in [0.25, 0.3) is 0 Å². The maximum atomic E-state index is 10.4. The molecular formula is C17H29Cl3N4O2. The Labute approximate surface area is 173 Å². The first kappa shape index (κ1) is 27.0. The molecule has 1 aliphatic heterocycles. The number of hydrogen-bond acceptors (Lipinski definition) is 4. The van der Waals surface area contributed by atoms with Crippen molar-refractivity contribution in [1.82, 2.24) is 5.32 Å². The van der Waals surface area contributed by atoms with E-state index < -0.39 is 5.97 Å². The van der Waals surface area contributed by atoms with Gasteiger partial charge in [-0.25, -0.2) is 0 Å². The van der Waals surface area contributed by atoms with Gasteiger partial charge in [-0.05, 0) is 56.0 Å². The van der Waals surface area contributed by atoms with Gasteiger partial charge in [-0.15, -0.1) is 37.2 Å². The van der Waals surface area contributed by atoms with E-state index in [1.54, 1.807) is 0 Å². The lowest BCUT2D eigenvalue weighted by atomic mass is 9.93. The quantitative estimate of drug-likeness (QED) is 0.290. The zero-order valence-corrected chi connectivity index (χ0v) is 17.1. The van der Waals surface area contributed by atoms with Gasteiger partial charge in [-0.1, -0.05) is 0 Å². The number of piperidine rings is 1. The molecule has 0 aliphatic carbocycles. The first-order valence-electron chi connectivity index (χ1n) is 8.18. The summed E-state index contributed by atoms with van der Waals surface area (Å²) in [5, 5.41) is 19.2. The van der Waals surface area contributed by atoms with Gasteiger partial charge < -0.3 is 21.1 Å². The molecule has 2 rings (SSSR count). The highest BCUT2D eigenvalue weighted by Crippen LogP contribution is 2.25. The van der Waals surface area contributed by atoms with Crippen molar-refractivity contribution >= 4 is 54.7 Å². The summed E-state index contributed by atoms with van der Waals surface area (Å²) in [6, 6.07) is 7.86. The van der Waals surface area contributed by atoms with Crippen molar-refractivity contribution < 1.29 is 9.90 Å². The monoisotopic (exact) mass is 426 g/mol. The Kier molecular flexibility index (Phi) is 14.5. The van der Waals surface area contributed by atoms with Crippen molar-refractivity contribution in [1.29, 1.82) is 5.41 Å². The van der Waals surface area contributed by atoms with E-state index in [0.29, 0.717) is 12.5 Å². The van der Waals surface area contributed by atoms with Crippen molar-refractivity contribution in [3.8, 4) is 0 Å². The molecule has 0 bridgehead atoms. The maximum absolute atomic E-state index is 10.4. The average molecular weight is 428 g/mol. The topological polar surface area (TPSA) is 102 Å². The first-order valence-corrected chi connectivity index (χ1v) is 8.18. The highest BCUT2D eigenvalue weighted by Gasteiger charge is 2.19. The Balaban J connectivity index is 0. The van der Waals surface area contributed by atoms with Crippen LogP contribution in [0.4, 0.5) is 5.69 Å². The summed E-state index contributed by atoms with van der Waals surface area (Å²) in [7, 11) is 0. The summed E-state index contributed by atoms with van der Waals surface area (Å²) < 4.78 is 0. The minimum Gasteiger partial charge on any atom is -0.481 e. The van der Waals surface area contributed by atoms with Crippen LogP contribution in [0.15, 0.2) is 24.3 Å². The second kappa shape index (κ2) is 13.9. The number of carbonyl (C=O) groups is 1. The number of benzene rings is 1. The van der Waals surface area contributed by atoms with E-state index in [1.807, 2.05) is 24.3 Å². The van der Waals surface area contributed by atoms with Crippen LogP contribution in [0.5, 0.6) is 0 Å². The normalized spacial score (nSPS) is 13.8. The lowest BCUT2D eigenvalue weighted by molar-refractivity contribution is -0.136. The van der Waals surface area contributed by atoms with Crippen LogP contribution < -0.4 is 16.0 Å². The molecule has 1 aromatic rings. The maximum Gasteiger partial charge on any atom is 0.304 e. The summed E-state index contributed by atoms with van der Waals surface area (Å²) in [6.07, 6.45) is 3.62. The van der Waals surface area contributed by atoms with Gasteiger partial charge in [0.05, 0.1) is 6.42 Å². The molecule has 0 radical (unpaired) electrons. The number of rotatable bonds is 8. The van der Waals surface area contributed by atoms with E-state index in [4.69, 9.17) is 16.2 Å². The Morgan fingerprint density at radius 3 is 2.23 bits per heavy atom. The van der Waals surface area contributed by atoms with Gasteiger partial charge in [0.2, 0.25) is 0 Å². The fourth-order valence-electron chi connectivity index (χ4n) is 2.96. The van der Waals surface area contributed by atoms with Gasteiger partial charge in [-0.2, -0.15) is 0 Å². The molecule has 0 aromatic heterocycles. The van der Waals surface area contributed by atoms with Gasteiger partial charge >= 0.3 is 5.97 Å². The summed E-state index contributed by atoms with van der Waals surface area (Å²) in [5.74, 6) is 0.0623. The highest BCUT2D eigenvalue weighted by molar-refractivity contribution is 5.95. The van der Waals surface area contributed by atoms with Gasteiger partial charge in [-0.3, -0.25) is 10.2 Å². The summed E-state index contributed by atoms with van der Waals surface area (Å²) in [6.45, 7) is 3.53. The Bertz CT molecular complexity index is 535. The van der Waals surface area contributed by atoms with Crippen LogP contribution in [-0.4, -0.2) is 43.1 Å². The number of carboxylic acid groups (broad SMARTS) is 1. The predicted molar refractivity (Wildman–Crippen MR) is 114 cm³/mol. The van der Waals surface area contributed by atoms with E-state index >= 15 is 0 Å². The van der Waals surface area contributed by atoms with Crippen LogP contribution in [0, 0.1) is 11.3 Å². The van der Waals surface area contributed by atoms with Gasteiger partial charge in [0.1, 0.15) is 5.84 Å². The molecule has 26 heavy (non-hydrogen) atoms. The molecule has 1 aromatic carbocycles. The number of halogens is 3. The lowest BCUT2D eigenvalue weighted by Crippen LogP contribution is -2.34. The second-order valence-corrected chi connectivity index (χ2v) is 6.07. The van der Waals surface area contributed by atoms with E-state index in [-0.39, 0.29) is 49.5 Å². The minimum atomic E-state index is -0.749. The number of anilines is 1. The van der Waals surface area contributed by atoms with E-state index in [9.17, 15) is 4.79 Å². The van der Waals surface area contributed by atoms with E-state index in [2.05, 4.69) is 10.2 Å². The third kappa shape index (κ3) is 8.94. The second-order valence-electron chi connectivity index (χ2n) is 6.07. The molecule has 9 heteroatoms. The lowest BCUT2D eigenvalue weighted by Gasteiger charge is -2.33. The zero-order chi connectivity index (χ0) is 16.7. The number of nitrogens with two attached hydrogens (primary N) is 1. The van der Waals surface area contributed by atoms with Crippen molar-refractivity contribution in [3.63, 3.8) is 0 Å². The summed E-state index contributed by atoms with van der Waals surface area (Å²) >= 11 is 0. The molecule has 0 spiro atoms. The molecule has 0 amide bonds. The first-order chi connectivity index (χ1) is 11.1. The molecule has 1 aliphatic rings. The molecule has 0 saturated carbocycles. The molecule has 6 nitrogen and oxygen atoms in total.